The summed E-state index contributed by atoms with van der Waals surface area (Å²) in [5, 5.41) is 0. The van der Waals surface area contributed by atoms with E-state index in [-0.39, 0.29) is 24.6 Å². The number of nitrogens with zero attached hydrogens (tertiary/aromatic N) is 1. The molecule has 0 saturated carbocycles. The van der Waals surface area contributed by atoms with E-state index >= 15 is 0 Å². The first kappa shape index (κ1) is 15.6. The molecule has 0 bridgehead atoms. The summed E-state index contributed by atoms with van der Waals surface area (Å²) in [7, 11) is 0. The van der Waals surface area contributed by atoms with Crippen molar-refractivity contribution in [1.29, 1.82) is 0 Å². The molecule has 0 spiro atoms. The number of morpholine rings is 1. The van der Waals surface area contributed by atoms with Crippen LogP contribution in [0.2, 0.25) is 0 Å². The van der Waals surface area contributed by atoms with Gasteiger partial charge in [0.1, 0.15) is 12.4 Å². The Kier molecular flexibility index (Phi) is 4.12. The highest BCUT2D eigenvalue weighted by molar-refractivity contribution is 5.93. The first-order valence-corrected chi connectivity index (χ1v) is 7.06. The number of benzene rings is 1. The quantitative estimate of drug-likeness (QED) is 0.848. The van der Waals surface area contributed by atoms with E-state index in [1.807, 2.05) is 0 Å². The zero-order valence-corrected chi connectivity index (χ0v) is 12.0. The van der Waals surface area contributed by atoms with Gasteiger partial charge < -0.3 is 14.1 Å². The Bertz CT molecular complexity index is 682. The first-order valence-electron chi connectivity index (χ1n) is 7.06. The molecule has 1 saturated heterocycles. The van der Waals surface area contributed by atoms with Crippen molar-refractivity contribution in [3.8, 4) is 0 Å². The van der Waals surface area contributed by atoms with Crippen molar-refractivity contribution in [2.45, 2.75) is 12.3 Å². The average Bonchev–Trinajstić information content (AvgIpc) is 3.08. The first-order chi connectivity index (χ1) is 11.0. The van der Waals surface area contributed by atoms with Crippen molar-refractivity contribution >= 4 is 5.91 Å². The molecule has 0 unspecified atom stereocenters. The molecular formula is C16H14F3NO3. The van der Waals surface area contributed by atoms with Crippen LogP contribution < -0.4 is 0 Å². The van der Waals surface area contributed by atoms with Crippen LogP contribution in [0.3, 0.4) is 0 Å². The van der Waals surface area contributed by atoms with Crippen molar-refractivity contribution in [3.05, 3.63) is 59.5 Å². The molecule has 0 aliphatic carbocycles. The van der Waals surface area contributed by atoms with Crippen LogP contribution in [0.5, 0.6) is 0 Å². The molecule has 1 aromatic carbocycles. The minimum absolute atomic E-state index is 0.0460. The SMILES string of the molecule is O=C(c1ccoc1)N1CCO[C@@H](c2ccccc2C(F)(F)F)C1. The van der Waals surface area contributed by atoms with E-state index in [2.05, 4.69) is 0 Å². The maximum absolute atomic E-state index is 13.1. The maximum atomic E-state index is 13.1. The lowest BCUT2D eigenvalue weighted by atomic mass is 10.0. The lowest BCUT2D eigenvalue weighted by Gasteiger charge is -2.34. The highest BCUT2D eigenvalue weighted by atomic mass is 19.4. The smallest absolute Gasteiger partial charge is 0.416 e. The summed E-state index contributed by atoms with van der Waals surface area (Å²) in [5.41, 5.74) is -0.318. The molecule has 23 heavy (non-hydrogen) atoms. The van der Waals surface area contributed by atoms with Crippen LogP contribution in [-0.4, -0.2) is 30.5 Å². The van der Waals surface area contributed by atoms with Crippen LogP contribution in [0.4, 0.5) is 13.2 Å². The number of carbonyl (C=O) groups excluding carboxylic acids is 1. The number of amides is 1. The molecule has 1 fully saturated rings. The van der Waals surface area contributed by atoms with Crippen molar-refractivity contribution < 1.29 is 27.1 Å². The number of furan rings is 1. The van der Waals surface area contributed by atoms with Gasteiger partial charge in [0.15, 0.2) is 0 Å². The molecular weight excluding hydrogens is 311 g/mol. The van der Waals surface area contributed by atoms with Crippen LogP contribution >= 0.6 is 0 Å². The number of rotatable bonds is 2. The van der Waals surface area contributed by atoms with E-state index in [1.165, 1.54) is 41.7 Å². The molecule has 122 valence electrons. The van der Waals surface area contributed by atoms with Gasteiger partial charge in [-0.2, -0.15) is 13.2 Å². The number of alkyl halides is 3. The molecule has 4 nitrogen and oxygen atoms in total. The lowest BCUT2D eigenvalue weighted by Crippen LogP contribution is -2.42. The summed E-state index contributed by atoms with van der Waals surface area (Å²) >= 11 is 0. The fraction of sp³-hybridized carbons (Fsp3) is 0.312. The fourth-order valence-corrected chi connectivity index (χ4v) is 2.63. The molecule has 0 N–H and O–H groups in total. The summed E-state index contributed by atoms with van der Waals surface area (Å²) in [6.07, 6.45) is -2.57. The predicted octanol–water partition coefficient (Wildman–Crippen LogP) is 3.51. The van der Waals surface area contributed by atoms with Gasteiger partial charge in [0.2, 0.25) is 0 Å². The Hall–Kier alpha value is -2.28. The summed E-state index contributed by atoms with van der Waals surface area (Å²) in [4.78, 5) is 13.8. The van der Waals surface area contributed by atoms with Gasteiger partial charge in [-0.1, -0.05) is 18.2 Å². The zero-order valence-electron chi connectivity index (χ0n) is 12.0. The normalized spacial score (nSPS) is 18.9. The minimum atomic E-state index is -4.46. The van der Waals surface area contributed by atoms with Gasteiger partial charge in [-0.15, -0.1) is 0 Å². The van der Waals surface area contributed by atoms with Crippen LogP contribution in [0.1, 0.15) is 27.6 Å². The van der Waals surface area contributed by atoms with Gasteiger partial charge in [-0.25, -0.2) is 0 Å². The van der Waals surface area contributed by atoms with Crippen molar-refractivity contribution in [3.63, 3.8) is 0 Å². The molecule has 1 aliphatic heterocycles. The van der Waals surface area contributed by atoms with E-state index in [0.717, 1.165) is 6.07 Å². The van der Waals surface area contributed by atoms with Crippen molar-refractivity contribution in [2.24, 2.45) is 0 Å². The Morgan fingerprint density at radius 3 is 2.70 bits per heavy atom. The van der Waals surface area contributed by atoms with E-state index in [4.69, 9.17) is 9.15 Å². The number of ether oxygens (including phenoxy) is 1. The summed E-state index contributed by atoms with van der Waals surface area (Å²) in [6.45, 7) is 0.576. The van der Waals surface area contributed by atoms with Crippen LogP contribution in [0.25, 0.3) is 0 Å². The van der Waals surface area contributed by atoms with Crippen LogP contribution in [0, 0.1) is 0 Å². The number of carbonyl (C=O) groups is 1. The van der Waals surface area contributed by atoms with Crippen LogP contribution in [-0.2, 0) is 10.9 Å². The summed E-state index contributed by atoms with van der Waals surface area (Å²) < 4.78 is 49.8. The Balaban J connectivity index is 1.84. The van der Waals surface area contributed by atoms with Gasteiger partial charge in [0, 0.05) is 6.54 Å². The predicted molar refractivity (Wildman–Crippen MR) is 74.7 cm³/mol. The highest BCUT2D eigenvalue weighted by Crippen LogP contribution is 2.36. The fourth-order valence-electron chi connectivity index (χ4n) is 2.63. The molecule has 2 aromatic rings. The number of hydrogen-bond acceptors (Lipinski definition) is 3. The number of halogens is 3. The molecule has 1 amide bonds. The van der Waals surface area contributed by atoms with E-state index in [1.54, 1.807) is 0 Å². The molecule has 2 heterocycles. The third-order valence-corrected chi connectivity index (χ3v) is 3.73. The minimum Gasteiger partial charge on any atom is -0.472 e. The second-order valence-electron chi connectivity index (χ2n) is 5.21. The van der Waals surface area contributed by atoms with Crippen molar-refractivity contribution in [1.82, 2.24) is 4.90 Å². The second-order valence-corrected chi connectivity index (χ2v) is 5.21. The second kappa shape index (κ2) is 6.08. The largest absolute Gasteiger partial charge is 0.472 e. The maximum Gasteiger partial charge on any atom is 0.416 e. The van der Waals surface area contributed by atoms with E-state index < -0.39 is 17.8 Å². The van der Waals surface area contributed by atoms with Crippen molar-refractivity contribution in [2.75, 3.05) is 19.7 Å². The third-order valence-electron chi connectivity index (χ3n) is 3.73. The Labute approximate surface area is 130 Å². The summed E-state index contributed by atoms with van der Waals surface area (Å²) in [6, 6.07) is 6.81. The Morgan fingerprint density at radius 1 is 1.22 bits per heavy atom. The standard InChI is InChI=1S/C16H14F3NO3/c17-16(18,19)13-4-2-1-3-12(13)14-9-20(6-8-23-14)15(21)11-5-7-22-10-11/h1-5,7,10,14H,6,8-9H2/t14-/m1/s1. The monoisotopic (exact) mass is 325 g/mol. The van der Waals surface area contributed by atoms with Gasteiger partial charge in [0.05, 0.1) is 30.5 Å². The highest BCUT2D eigenvalue weighted by Gasteiger charge is 2.37. The topological polar surface area (TPSA) is 42.7 Å². The zero-order chi connectivity index (χ0) is 16.4. The van der Waals surface area contributed by atoms with Gasteiger partial charge >= 0.3 is 6.18 Å². The van der Waals surface area contributed by atoms with E-state index in [9.17, 15) is 18.0 Å². The van der Waals surface area contributed by atoms with Crippen LogP contribution in [0.15, 0.2) is 47.3 Å². The molecule has 1 atom stereocenters. The van der Waals surface area contributed by atoms with Gasteiger partial charge in [-0.3, -0.25) is 4.79 Å². The molecule has 3 rings (SSSR count). The van der Waals surface area contributed by atoms with E-state index in [0.29, 0.717) is 12.1 Å². The number of hydrogen-bond donors (Lipinski definition) is 0. The summed E-state index contributed by atoms with van der Waals surface area (Å²) in [5.74, 6) is -0.281. The average molecular weight is 325 g/mol. The third kappa shape index (κ3) is 3.24. The molecule has 7 heteroatoms. The lowest BCUT2D eigenvalue weighted by molar-refractivity contribution is -0.140. The molecule has 1 aliphatic rings. The Morgan fingerprint density at radius 2 is 2.00 bits per heavy atom. The molecule has 0 radical (unpaired) electrons. The van der Waals surface area contributed by atoms with Gasteiger partial charge in [0.25, 0.3) is 5.91 Å². The van der Waals surface area contributed by atoms with Gasteiger partial charge in [-0.05, 0) is 17.7 Å². The molecule has 1 aromatic heterocycles.